The van der Waals surface area contributed by atoms with Gasteiger partial charge in [-0.25, -0.2) is 8.42 Å². The summed E-state index contributed by atoms with van der Waals surface area (Å²) in [5.74, 6) is -2.37. The number of carboxylic acids is 1. The van der Waals surface area contributed by atoms with E-state index in [1.165, 1.54) is 12.1 Å². The third kappa shape index (κ3) is 3.70. The van der Waals surface area contributed by atoms with Gasteiger partial charge in [-0.3, -0.25) is 14.3 Å². The quantitative estimate of drug-likeness (QED) is 0.741. The molecule has 0 aliphatic heterocycles. The molecule has 1 aliphatic rings. The summed E-state index contributed by atoms with van der Waals surface area (Å²) < 4.78 is 24.3. The number of benzene rings is 1. The second-order valence-electron chi connectivity index (χ2n) is 4.73. The molecule has 1 fully saturated rings. The minimum atomic E-state index is -3.34. The van der Waals surface area contributed by atoms with Crippen LogP contribution in [0.25, 0.3) is 0 Å². The first kappa shape index (κ1) is 14.3. The second-order valence-corrected chi connectivity index (χ2v) is 6.48. The molecule has 0 saturated heterocycles. The fourth-order valence-electron chi connectivity index (χ4n) is 1.83. The number of carbonyl (C=O) groups excluding carboxylic acids is 1. The lowest BCUT2D eigenvalue weighted by Crippen LogP contribution is -2.16. The van der Waals surface area contributed by atoms with Crippen molar-refractivity contribution in [2.24, 2.45) is 11.8 Å². The van der Waals surface area contributed by atoms with Gasteiger partial charge in [-0.2, -0.15) is 0 Å². The Morgan fingerprint density at radius 1 is 1.15 bits per heavy atom. The summed E-state index contributed by atoms with van der Waals surface area (Å²) in [6, 6.07) is 6.11. The van der Waals surface area contributed by atoms with E-state index in [9.17, 15) is 18.0 Å². The van der Waals surface area contributed by atoms with E-state index in [4.69, 9.17) is 5.11 Å². The minimum absolute atomic E-state index is 0.332. The predicted octanol–water partition coefficient (Wildman–Crippen LogP) is 0.717. The van der Waals surface area contributed by atoms with Crippen molar-refractivity contribution < 1.29 is 23.1 Å². The van der Waals surface area contributed by atoms with Crippen molar-refractivity contribution in [2.45, 2.75) is 6.42 Å². The molecule has 0 aromatic heterocycles. The number of hydrogen-bond donors (Lipinski definition) is 3. The van der Waals surface area contributed by atoms with Gasteiger partial charge in [0.15, 0.2) is 0 Å². The van der Waals surface area contributed by atoms with Crippen LogP contribution in [0, 0.1) is 11.8 Å². The number of carbonyl (C=O) groups is 2. The van der Waals surface area contributed by atoms with Gasteiger partial charge in [-0.1, -0.05) is 0 Å². The van der Waals surface area contributed by atoms with Gasteiger partial charge in [0.1, 0.15) is 0 Å². The fraction of sp³-hybridized carbons (Fsp3) is 0.333. The molecule has 1 aliphatic carbocycles. The molecule has 108 valence electrons. The van der Waals surface area contributed by atoms with Crippen molar-refractivity contribution >= 4 is 33.3 Å². The van der Waals surface area contributed by atoms with Crippen molar-refractivity contribution in [3.8, 4) is 0 Å². The first-order chi connectivity index (χ1) is 9.26. The van der Waals surface area contributed by atoms with Crippen LogP contribution in [0.15, 0.2) is 24.3 Å². The Labute approximate surface area is 116 Å². The normalized spacial score (nSPS) is 21.1. The van der Waals surface area contributed by atoms with Crippen LogP contribution in [0.4, 0.5) is 11.4 Å². The van der Waals surface area contributed by atoms with Crippen molar-refractivity contribution in [1.29, 1.82) is 0 Å². The Morgan fingerprint density at radius 2 is 1.70 bits per heavy atom. The summed E-state index contributed by atoms with van der Waals surface area (Å²) in [7, 11) is -3.34. The molecule has 8 heteroatoms. The number of carboxylic acid groups (broad SMARTS) is 1. The zero-order valence-electron chi connectivity index (χ0n) is 10.7. The van der Waals surface area contributed by atoms with E-state index in [1.54, 1.807) is 12.1 Å². The molecule has 0 heterocycles. The van der Waals surface area contributed by atoms with Crippen molar-refractivity contribution in [3.05, 3.63) is 24.3 Å². The Hall–Kier alpha value is -2.09. The van der Waals surface area contributed by atoms with Crippen LogP contribution in [0.1, 0.15) is 6.42 Å². The van der Waals surface area contributed by atoms with E-state index in [2.05, 4.69) is 10.0 Å². The summed E-state index contributed by atoms with van der Waals surface area (Å²) in [5, 5.41) is 11.3. The second kappa shape index (κ2) is 5.12. The Bertz CT molecular complexity index is 638. The maximum absolute atomic E-state index is 11.7. The molecule has 0 radical (unpaired) electrons. The monoisotopic (exact) mass is 298 g/mol. The summed E-state index contributed by atoms with van der Waals surface area (Å²) in [5.41, 5.74) is 0.880. The maximum atomic E-state index is 11.7. The molecule has 1 aromatic carbocycles. The van der Waals surface area contributed by atoms with Gasteiger partial charge in [0, 0.05) is 11.4 Å². The molecule has 1 aromatic rings. The van der Waals surface area contributed by atoms with Crippen LogP contribution in [0.3, 0.4) is 0 Å². The molecule has 2 unspecified atom stereocenters. The van der Waals surface area contributed by atoms with Gasteiger partial charge in [0.25, 0.3) is 0 Å². The van der Waals surface area contributed by atoms with E-state index >= 15 is 0 Å². The molecular formula is C12H14N2O5S. The zero-order valence-corrected chi connectivity index (χ0v) is 11.5. The lowest BCUT2D eigenvalue weighted by atomic mass is 10.2. The zero-order chi connectivity index (χ0) is 14.9. The largest absolute Gasteiger partial charge is 0.481 e. The number of anilines is 2. The molecule has 0 bridgehead atoms. The molecule has 20 heavy (non-hydrogen) atoms. The first-order valence-electron chi connectivity index (χ1n) is 5.88. The summed E-state index contributed by atoms with van der Waals surface area (Å²) in [4.78, 5) is 22.4. The van der Waals surface area contributed by atoms with Gasteiger partial charge < -0.3 is 10.4 Å². The van der Waals surface area contributed by atoms with Gasteiger partial charge >= 0.3 is 5.97 Å². The number of rotatable bonds is 5. The van der Waals surface area contributed by atoms with E-state index < -0.39 is 27.8 Å². The lowest BCUT2D eigenvalue weighted by Gasteiger charge is -2.07. The molecular weight excluding hydrogens is 284 g/mol. The Kier molecular flexibility index (Phi) is 3.67. The molecule has 0 spiro atoms. The fourth-order valence-corrected chi connectivity index (χ4v) is 2.39. The van der Waals surface area contributed by atoms with Crippen LogP contribution in [-0.2, 0) is 19.6 Å². The summed E-state index contributed by atoms with van der Waals surface area (Å²) >= 11 is 0. The molecule has 2 atom stereocenters. The van der Waals surface area contributed by atoms with Crippen LogP contribution in [0.5, 0.6) is 0 Å². The number of nitrogens with one attached hydrogen (secondary N) is 2. The maximum Gasteiger partial charge on any atom is 0.307 e. The van der Waals surface area contributed by atoms with Crippen molar-refractivity contribution in [3.63, 3.8) is 0 Å². The highest BCUT2D eigenvalue weighted by atomic mass is 32.2. The Morgan fingerprint density at radius 3 is 2.15 bits per heavy atom. The van der Waals surface area contributed by atoms with Crippen LogP contribution < -0.4 is 10.0 Å². The smallest absolute Gasteiger partial charge is 0.307 e. The molecule has 3 N–H and O–H groups in total. The topological polar surface area (TPSA) is 113 Å². The van der Waals surface area contributed by atoms with Crippen LogP contribution >= 0.6 is 0 Å². The molecule has 1 amide bonds. The summed E-state index contributed by atoms with van der Waals surface area (Å²) in [6.07, 6.45) is 1.40. The SMILES string of the molecule is CS(=O)(=O)Nc1ccc(NC(=O)C2CC2C(=O)O)cc1. The molecule has 1 saturated carbocycles. The molecule has 2 rings (SSSR count). The minimum Gasteiger partial charge on any atom is -0.481 e. The van der Waals surface area contributed by atoms with Gasteiger partial charge in [-0.05, 0) is 30.7 Å². The van der Waals surface area contributed by atoms with Crippen LogP contribution in [0.2, 0.25) is 0 Å². The lowest BCUT2D eigenvalue weighted by molar-refractivity contribution is -0.139. The highest BCUT2D eigenvalue weighted by Crippen LogP contribution is 2.39. The standard InChI is InChI=1S/C12H14N2O5S/c1-20(18,19)14-8-4-2-7(3-5-8)13-11(15)9-6-10(9)12(16)17/h2-5,9-10,14H,6H2,1H3,(H,13,15)(H,16,17). The number of sulfonamides is 1. The van der Waals surface area contributed by atoms with Crippen molar-refractivity contribution in [2.75, 3.05) is 16.3 Å². The van der Waals surface area contributed by atoms with E-state index in [1.807, 2.05) is 0 Å². The Balaban J connectivity index is 1.94. The average Bonchev–Trinajstić information content (AvgIpc) is 3.09. The molecule has 7 nitrogen and oxygen atoms in total. The predicted molar refractivity (Wildman–Crippen MR) is 72.8 cm³/mol. The van der Waals surface area contributed by atoms with E-state index in [0.717, 1.165) is 6.26 Å². The highest BCUT2D eigenvalue weighted by Gasteiger charge is 2.48. The van der Waals surface area contributed by atoms with Crippen molar-refractivity contribution in [1.82, 2.24) is 0 Å². The number of amides is 1. The van der Waals surface area contributed by atoms with Gasteiger partial charge in [-0.15, -0.1) is 0 Å². The third-order valence-corrected chi connectivity index (χ3v) is 3.51. The van der Waals surface area contributed by atoms with E-state index in [0.29, 0.717) is 17.8 Å². The number of hydrogen-bond acceptors (Lipinski definition) is 4. The number of aliphatic carboxylic acids is 1. The van der Waals surface area contributed by atoms with E-state index in [-0.39, 0.29) is 5.91 Å². The summed E-state index contributed by atoms with van der Waals surface area (Å²) in [6.45, 7) is 0. The van der Waals surface area contributed by atoms with Gasteiger partial charge in [0.05, 0.1) is 18.1 Å². The van der Waals surface area contributed by atoms with Crippen LogP contribution in [-0.4, -0.2) is 31.7 Å². The average molecular weight is 298 g/mol. The highest BCUT2D eigenvalue weighted by molar-refractivity contribution is 7.92. The van der Waals surface area contributed by atoms with Gasteiger partial charge in [0.2, 0.25) is 15.9 Å². The first-order valence-corrected chi connectivity index (χ1v) is 7.77. The third-order valence-electron chi connectivity index (χ3n) is 2.90.